The summed E-state index contributed by atoms with van der Waals surface area (Å²) in [7, 11) is -3.45. The van der Waals surface area contributed by atoms with Crippen LogP contribution in [0.25, 0.3) is 22.0 Å². The minimum atomic E-state index is -4.68. The minimum Gasteiger partial charge on any atom is -0.347 e. The number of aromatic nitrogens is 2. The number of benzene rings is 1. The lowest BCUT2D eigenvalue weighted by Gasteiger charge is -2.20. The fraction of sp³-hybridized carbons (Fsp3) is 0.458. The van der Waals surface area contributed by atoms with Gasteiger partial charge >= 0.3 is 6.18 Å². The molecule has 184 valence electrons. The van der Waals surface area contributed by atoms with Crippen LogP contribution in [-0.2, 0) is 29.3 Å². The Bertz CT molecular complexity index is 1350. The summed E-state index contributed by atoms with van der Waals surface area (Å²) in [4.78, 5) is 3.97. The van der Waals surface area contributed by atoms with Gasteiger partial charge < -0.3 is 4.57 Å². The molecule has 3 aromatic rings. The predicted molar refractivity (Wildman–Crippen MR) is 123 cm³/mol. The van der Waals surface area contributed by atoms with Crippen LogP contribution in [-0.4, -0.2) is 23.2 Å². The summed E-state index contributed by atoms with van der Waals surface area (Å²) in [6.45, 7) is 7.91. The maximum atomic E-state index is 15.4. The molecule has 0 saturated heterocycles. The van der Waals surface area contributed by atoms with Gasteiger partial charge in [0.25, 0.3) is 0 Å². The monoisotopic (exact) mass is 497 g/mol. The summed E-state index contributed by atoms with van der Waals surface area (Å²) in [5.41, 5.74) is -0.468. The summed E-state index contributed by atoms with van der Waals surface area (Å²) in [5.74, 6) is -0.825. The van der Waals surface area contributed by atoms with Crippen molar-refractivity contribution in [2.45, 2.75) is 65.1 Å². The van der Waals surface area contributed by atoms with E-state index < -0.39 is 32.8 Å². The highest BCUT2D eigenvalue weighted by Crippen LogP contribution is 2.41. The number of fused-ring (bicyclic) bond motifs is 1. The van der Waals surface area contributed by atoms with Crippen molar-refractivity contribution in [1.29, 1.82) is 0 Å². The molecule has 4 rings (SSSR count). The van der Waals surface area contributed by atoms with Gasteiger partial charge in [0.05, 0.1) is 10.8 Å². The number of hydrogen-bond acceptors (Lipinski definition) is 3. The van der Waals surface area contributed by atoms with Crippen LogP contribution < -0.4 is 4.72 Å². The molecule has 1 fully saturated rings. The van der Waals surface area contributed by atoms with Gasteiger partial charge in [-0.2, -0.15) is 13.2 Å². The van der Waals surface area contributed by atoms with Crippen LogP contribution in [0.2, 0.25) is 0 Å². The number of halogens is 4. The molecule has 0 spiro atoms. The number of rotatable bonds is 6. The van der Waals surface area contributed by atoms with E-state index in [2.05, 4.69) is 9.71 Å². The van der Waals surface area contributed by atoms with E-state index in [0.29, 0.717) is 35.9 Å². The SMILES string of the molecule is Cc1nccc(C(F)(F)F)c1-c1cc2c(cc1F)c(CNS(=O)(=O)C1CC1)cn2CC(C)(C)C. The number of nitrogens with zero attached hydrogens (tertiary/aromatic N) is 2. The van der Waals surface area contributed by atoms with E-state index >= 15 is 4.39 Å². The van der Waals surface area contributed by atoms with Gasteiger partial charge in [0.15, 0.2) is 0 Å². The third kappa shape index (κ3) is 4.98. The van der Waals surface area contributed by atoms with Crippen LogP contribution in [0.1, 0.15) is 50.4 Å². The second-order valence-corrected chi connectivity index (χ2v) is 12.1. The Morgan fingerprint density at radius 2 is 1.85 bits per heavy atom. The normalized spacial score (nSPS) is 15.3. The van der Waals surface area contributed by atoms with Crippen molar-refractivity contribution in [3.8, 4) is 11.1 Å². The molecule has 2 heterocycles. The van der Waals surface area contributed by atoms with Crippen molar-refractivity contribution in [1.82, 2.24) is 14.3 Å². The number of aryl methyl sites for hydroxylation is 1. The van der Waals surface area contributed by atoms with E-state index in [4.69, 9.17) is 0 Å². The van der Waals surface area contributed by atoms with E-state index in [-0.39, 0.29) is 28.8 Å². The van der Waals surface area contributed by atoms with Gasteiger partial charge in [-0.25, -0.2) is 17.5 Å². The lowest BCUT2D eigenvalue weighted by atomic mass is 9.95. The van der Waals surface area contributed by atoms with Crippen LogP contribution in [0.5, 0.6) is 0 Å². The minimum absolute atomic E-state index is 0.0228. The lowest BCUT2D eigenvalue weighted by molar-refractivity contribution is -0.137. The van der Waals surface area contributed by atoms with Crippen molar-refractivity contribution in [3.05, 3.63) is 53.2 Å². The number of alkyl halides is 3. The average Bonchev–Trinajstić information content (AvgIpc) is 3.50. The molecule has 5 nitrogen and oxygen atoms in total. The zero-order chi connectivity index (χ0) is 25.1. The zero-order valence-electron chi connectivity index (χ0n) is 19.4. The average molecular weight is 498 g/mol. The van der Waals surface area contributed by atoms with Gasteiger partial charge in [0.2, 0.25) is 10.0 Å². The van der Waals surface area contributed by atoms with Gasteiger partial charge in [-0.3, -0.25) is 4.98 Å². The van der Waals surface area contributed by atoms with Gasteiger partial charge in [-0.15, -0.1) is 0 Å². The van der Waals surface area contributed by atoms with E-state index in [0.717, 1.165) is 12.3 Å². The Morgan fingerprint density at radius 1 is 1.18 bits per heavy atom. The predicted octanol–water partition coefficient (Wildman–Crippen LogP) is 5.80. The van der Waals surface area contributed by atoms with Crippen LogP contribution in [0.15, 0.2) is 30.6 Å². The molecular weight excluding hydrogens is 470 g/mol. The summed E-state index contributed by atoms with van der Waals surface area (Å²) in [5, 5.41) is 0.0622. The first-order valence-corrected chi connectivity index (χ1v) is 12.5. The molecule has 0 bridgehead atoms. The molecule has 0 unspecified atom stereocenters. The lowest BCUT2D eigenvalue weighted by Crippen LogP contribution is -2.26. The fourth-order valence-electron chi connectivity index (χ4n) is 4.18. The molecule has 10 heteroatoms. The maximum Gasteiger partial charge on any atom is 0.417 e. The number of sulfonamides is 1. The summed E-state index contributed by atoms with van der Waals surface area (Å²) < 4.78 is 85.6. The molecule has 1 aliphatic rings. The first-order chi connectivity index (χ1) is 15.7. The van der Waals surface area contributed by atoms with Gasteiger partial charge in [0.1, 0.15) is 5.82 Å². The molecule has 1 N–H and O–H groups in total. The zero-order valence-corrected chi connectivity index (χ0v) is 20.2. The molecule has 1 saturated carbocycles. The molecule has 0 aliphatic heterocycles. The van der Waals surface area contributed by atoms with Crippen LogP contribution in [0.3, 0.4) is 0 Å². The summed E-state index contributed by atoms with van der Waals surface area (Å²) in [6.07, 6.45) is -0.639. The number of nitrogens with one attached hydrogen (secondary N) is 1. The van der Waals surface area contributed by atoms with E-state index in [1.54, 1.807) is 6.20 Å². The molecular formula is C24H27F4N3O2S. The standard InChI is InChI=1S/C24H27F4N3O2S/c1-14-22(19(7-8-29-14)24(26,27)28)18-10-21-17(9-20(18)25)15(12-31(21)13-23(2,3)4)11-30-34(32,33)16-5-6-16/h7-10,12,16,30H,5-6,11,13H2,1-4H3. The third-order valence-corrected chi connectivity index (χ3v) is 7.74. The van der Waals surface area contributed by atoms with Gasteiger partial charge in [-0.1, -0.05) is 20.8 Å². The summed E-state index contributed by atoms with van der Waals surface area (Å²) >= 11 is 0. The molecule has 1 aliphatic carbocycles. The van der Waals surface area contributed by atoms with Gasteiger partial charge in [0, 0.05) is 53.2 Å². The second-order valence-electron chi connectivity index (χ2n) is 10.1. The van der Waals surface area contributed by atoms with E-state index in [1.165, 1.54) is 19.1 Å². The first kappa shape index (κ1) is 24.7. The van der Waals surface area contributed by atoms with Crippen molar-refractivity contribution in [2.75, 3.05) is 0 Å². The second kappa shape index (κ2) is 8.34. The van der Waals surface area contributed by atoms with Crippen LogP contribution in [0.4, 0.5) is 17.6 Å². The highest BCUT2D eigenvalue weighted by molar-refractivity contribution is 7.90. The van der Waals surface area contributed by atoms with Crippen molar-refractivity contribution < 1.29 is 26.0 Å². The third-order valence-electron chi connectivity index (χ3n) is 5.84. The Hall–Kier alpha value is -2.46. The molecule has 0 atom stereocenters. The molecule has 1 aromatic carbocycles. The van der Waals surface area contributed by atoms with Crippen LogP contribution >= 0.6 is 0 Å². The Labute approximate surface area is 196 Å². The van der Waals surface area contributed by atoms with Crippen LogP contribution in [0, 0.1) is 18.2 Å². The summed E-state index contributed by atoms with van der Waals surface area (Å²) in [6, 6.07) is 3.45. The van der Waals surface area contributed by atoms with Crippen molar-refractivity contribution in [2.24, 2.45) is 5.41 Å². The highest BCUT2D eigenvalue weighted by atomic mass is 32.2. The van der Waals surface area contributed by atoms with Crippen molar-refractivity contribution >= 4 is 20.9 Å². The Kier molecular flexibility index (Phi) is 6.05. The maximum absolute atomic E-state index is 15.4. The van der Waals surface area contributed by atoms with E-state index in [9.17, 15) is 21.6 Å². The fourth-order valence-corrected chi connectivity index (χ4v) is 5.52. The quantitative estimate of drug-likeness (QED) is 0.438. The highest BCUT2D eigenvalue weighted by Gasteiger charge is 2.36. The molecule has 2 aromatic heterocycles. The van der Waals surface area contributed by atoms with Gasteiger partial charge in [-0.05, 0) is 48.9 Å². The molecule has 34 heavy (non-hydrogen) atoms. The number of hydrogen-bond donors (Lipinski definition) is 1. The molecule has 0 amide bonds. The molecule has 0 radical (unpaired) electrons. The Balaban J connectivity index is 1.88. The Morgan fingerprint density at radius 3 is 2.44 bits per heavy atom. The number of pyridine rings is 1. The smallest absolute Gasteiger partial charge is 0.347 e. The largest absolute Gasteiger partial charge is 0.417 e. The first-order valence-electron chi connectivity index (χ1n) is 11.0. The van der Waals surface area contributed by atoms with Crippen molar-refractivity contribution in [3.63, 3.8) is 0 Å². The topological polar surface area (TPSA) is 64.0 Å². The van der Waals surface area contributed by atoms with E-state index in [1.807, 2.05) is 25.3 Å².